The molecule has 3 aromatic rings. The predicted molar refractivity (Wildman–Crippen MR) is 118 cm³/mol. The molecule has 3 aromatic carbocycles. The van der Waals surface area contributed by atoms with Crippen LogP contribution in [0.3, 0.4) is 0 Å². The summed E-state index contributed by atoms with van der Waals surface area (Å²) in [6.45, 7) is 2.78. The number of carbonyl (C=O) groups is 1. The zero-order chi connectivity index (χ0) is 21.2. The minimum absolute atomic E-state index is 0.0717. The number of rotatable bonds is 8. The smallest absolute Gasteiger partial charge is 0.354 e. The Bertz CT molecular complexity index is 1050. The van der Waals surface area contributed by atoms with E-state index in [0.717, 1.165) is 35.3 Å². The maximum Gasteiger partial charge on any atom is 0.354 e. The van der Waals surface area contributed by atoms with Crippen molar-refractivity contribution in [2.45, 2.75) is 19.8 Å². The van der Waals surface area contributed by atoms with Crippen LogP contribution in [0.1, 0.15) is 25.3 Å². The van der Waals surface area contributed by atoms with Crippen LogP contribution >= 0.6 is 0 Å². The van der Waals surface area contributed by atoms with Gasteiger partial charge < -0.3 is 9.47 Å². The van der Waals surface area contributed by atoms with Gasteiger partial charge in [-0.3, -0.25) is 0 Å². The van der Waals surface area contributed by atoms with Crippen molar-refractivity contribution < 1.29 is 14.3 Å². The number of benzene rings is 3. The summed E-state index contributed by atoms with van der Waals surface area (Å²) in [5, 5.41) is 9.48. The lowest BCUT2D eigenvalue weighted by atomic mass is 10.0. The number of para-hydroxylation sites is 1. The quantitative estimate of drug-likeness (QED) is 0.153. The minimum atomic E-state index is -0.691. The van der Waals surface area contributed by atoms with E-state index in [1.165, 1.54) is 6.08 Å². The van der Waals surface area contributed by atoms with Crippen LogP contribution in [0.25, 0.3) is 17.2 Å². The summed E-state index contributed by atoms with van der Waals surface area (Å²) in [5.41, 5.74) is 2.37. The molecular weight excluding hydrogens is 374 g/mol. The zero-order valence-electron chi connectivity index (χ0n) is 16.9. The third-order valence-corrected chi connectivity index (χ3v) is 4.47. The van der Waals surface area contributed by atoms with Gasteiger partial charge in [0.05, 0.1) is 6.61 Å². The second-order valence-corrected chi connectivity index (χ2v) is 6.69. The van der Waals surface area contributed by atoms with Crippen LogP contribution in [-0.2, 0) is 4.79 Å². The van der Waals surface area contributed by atoms with E-state index in [0.29, 0.717) is 12.4 Å². The van der Waals surface area contributed by atoms with Crippen molar-refractivity contribution >= 4 is 12.0 Å². The Labute approximate surface area is 177 Å². The molecule has 0 aromatic heterocycles. The highest BCUT2D eigenvalue weighted by Gasteiger charge is 2.15. The standard InChI is InChI=1S/C26H23NO3/c1-2-3-17-29-23-15-13-20(14-16-23)18-22(19-27)26(28)30-25-12-8-7-11-24(25)21-9-5-4-6-10-21/h4-16,18H,2-3,17H2,1H3/b22-18+. The maximum atomic E-state index is 12.6. The van der Waals surface area contributed by atoms with Crippen molar-refractivity contribution in [2.75, 3.05) is 6.61 Å². The van der Waals surface area contributed by atoms with Gasteiger partial charge in [0, 0.05) is 5.56 Å². The van der Waals surface area contributed by atoms with Crippen LogP contribution in [0, 0.1) is 11.3 Å². The number of unbranched alkanes of at least 4 members (excludes halogenated alkanes) is 1. The fourth-order valence-electron chi connectivity index (χ4n) is 2.86. The number of nitriles is 1. The van der Waals surface area contributed by atoms with Crippen molar-refractivity contribution in [3.63, 3.8) is 0 Å². The van der Waals surface area contributed by atoms with Crippen molar-refractivity contribution in [3.05, 3.63) is 90.0 Å². The number of esters is 1. The Hall–Kier alpha value is -3.84. The van der Waals surface area contributed by atoms with E-state index >= 15 is 0 Å². The first kappa shape index (κ1) is 20.9. The maximum absolute atomic E-state index is 12.6. The highest BCUT2D eigenvalue weighted by atomic mass is 16.5. The Kier molecular flexibility index (Phi) is 7.40. The van der Waals surface area contributed by atoms with Gasteiger partial charge in [-0.05, 0) is 41.8 Å². The molecule has 0 radical (unpaired) electrons. The molecule has 0 spiro atoms. The van der Waals surface area contributed by atoms with E-state index in [1.807, 2.05) is 72.8 Å². The molecule has 0 saturated carbocycles. The number of carbonyl (C=O) groups excluding carboxylic acids is 1. The molecule has 0 N–H and O–H groups in total. The number of hydrogen-bond acceptors (Lipinski definition) is 4. The van der Waals surface area contributed by atoms with Gasteiger partial charge >= 0.3 is 5.97 Å². The van der Waals surface area contributed by atoms with Crippen molar-refractivity contribution in [3.8, 4) is 28.7 Å². The number of hydrogen-bond donors (Lipinski definition) is 0. The predicted octanol–water partition coefficient (Wildman–Crippen LogP) is 6.05. The largest absolute Gasteiger partial charge is 0.494 e. The number of ether oxygens (including phenoxy) is 2. The second kappa shape index (κ2) is 10.6. The highest BCUT2D eigenvalue weighted by Crippen LogP contribution is 2.30. The minimum Gasteiger partial charge on any atom is -0.494 e. The first-order valence-electron chi connectivity index (χ1n) is 9.92. The molecule has 0 unspecified atom stereocenters. The molecule has 0 aliphatic carbocycles. The van der Waals surface area contributed by atoms with Crippen LogP contribution in [0.2, 0.25) is 0 Å². The monoisotopic (exact) mass is 397 g/mol. The summed E-state index contributed by atoms with van der Waals surface area (Å²) in [4.78, 5) is 12.6. The molecule has 0 heterocycles. The van der Waals surface area contributed by atoms with E-state index in [9.17, 15) is 10.1 Å². The summed E-state index contributed by atoms with van der Waals surface area (Å²) in [6, 6.07) is 26.1. The summed E-state index contributed by atoms with van der Waals surface area (Å²) < 4.78 is 11.2. The highest BCUT2D eigenvalue weighted by molar-refractivity contribution is 5.99. The van der Waals surface area contributed by atoms with Gasteiger partial charge in [0.1, 0.15) is 23.1 Å². The Morgan fingerprint density at radius 1 is 0.967 bits per heavy atom. The summed E-state index contributed by atoms with van der Waals surface area (Å²) in [5.74, 6) is 0.483. The molecule has 4 nitrogen and oxygen atoms in total. The fraction of sp³-hybridized carbons (Fsp3) is 0.154. The first-order chi connectivity index (χ1) is 14.7. The Balaban J connectivity index is 1.75. The summed E-state index contributed by atoms with van der Waals surface area (Å²) >= 11 is 0. The van der Waals surface area contributed by atoms with E-state index in [2.05, 4.69) is 6.92 Å². The van der Waals surface area contributed by atoms with Gasteiger partial charge in [0.2, 0.25) is 0 Å². The molecule has 0 bridgehead atoms. The van der Waals surface area contributed by atoms with Gasteiger partial charge in [-0.1, -0.05) is 74.0 Å². The summed E-state index contributed by atoms with van der Waals surface area (Å²) in [6.07, 6.45) is 3.59. The van der Waals surface area contributed by atoms with Gasteiger partial charge in [0.25, 0.3) is 0 Å². The molecule has 30 heavy (non-hydrogen) atoms. The molecule has 0 amide bonds. The second-order valence-electron chi connectivity index (χ2n) is 6.69. The Morgan fingerprint density at radius 2 is 1.67 bits per heavy atom. The van der Waals surface area contributed by atoms with Crippen molar-refractivity contribution in [1.29, 1.82) is 5.26 Å². The van der Waals surface area contributed by atoms with Crippen molar-refractivity contribution in [1.82, 2.24) is 0 Å². The lowest BCUT2D eigenvalue weighted by molar-refractivity contribution is -0.129. The number of nitrogens with zero attached hydrogens (tertiary/aromatic N) is 1. The van der Waals surface area contributed by atoms with E-state index in [1.54, 1.807) is 12.1 Å². The van der Waals surface area contributed by atoms with Crippen molar-refractivity contribution in [2.24, 2.45) is 0 Å². The molecular formula is C26H23NO3. The molecule has 0 aliphatic heterocycles. The topological polar surface area (TPSA) is 59.3 Å². The fourth-order valence-corrected chi connectivity index (χ4v) is 2.86. The molecule has 4 heteroatoms. The molecule has 0 fully saturated rings. The van der Waals surface area contributed by atoms with Crippen LogP contribution in [-0.4, -0.2) is 12.6 Å². The lowest BCUT2D eigenvalue weighted by Crippen LogP contribution is -2.10. The van der Waals surface area contributed by atoms with Crippen LogP contribution in [0.5, 0.6) is 11.5 Å². The average Bonchev–Trinajstić information content (AvgIpc) is 2.79. The average molecular weight is 397 g/mol. The first-order valence-corrected chi connectivity index (χ1v) is 9.92. The molecule has 150 valence electrons. The van der Waals surface area contributed by atoms with E-state index in [4.69, 9.17) is 9.47 Å². The lowest BCUT2D eigenvalue weighted by Gasteiger charge is -2.10. The van der Waals surface area contributed by atoms with Gasteiger partial charge in [-0.15, -0.1) is 0 Å². The third-order valence-electron chi connectivity index (χ3n) is 4.47. The SMILES string of the molecule is CCCCOc1ccc(/C=C(\C#N)C(=O)Oc2ccccc2-c2ccccc2)cc1. The summed E-state index contributed by atoms with van der Waals surface area (Å²) in [7, 11) is 0. The molecule has 3 rings (SSSR count). The Morgan fingerprint density at radius 3 is 2.37 bits per heavy atom. The third kappa shape index (κ3) is 5.59. The van der Waals surface area contributed by atoms with E-state index in [-0.39, 0.29) is 5.57 Å². The van der Waals surface area contributed by atoms with E-state index < -0.39 is 5.97 Å². The van der Waals surface area contributed by atoms with Crippen LogP contribution < -0.4 is 9.47 Å². The van der Waals surface area contributed by atoms with Crippen LogP contribution in [0.15, 0.2) is 84.4 Å². The molecule has 0 atom stereocenters. The molecule has 0 saturated heterocycles. The zero-order valence-corrected chi connectivity index (χ0v) is 16.9. The van der Waals surface area contributed by atoms with Gasteiger partial charge in [-0.2, -0.15) is 5.26 Å². The van der Waals surface area contributed by atoms with Gasteiger partial charge in [0.15, 0.2) is 0 Å². The normalized spacial score (nSPS) is 10.9. The van der Waals surface area contributed by atoms with Crippen LogP contribution in [0.4, 0.5) is 0 Å². The molecule has 0 aliphatic rings. The van der Waals surface area contributed by atoms with Gasteiger partial charge in [-0.25, -0.2) is 4.79 Å².